The van der Waals surface area contributed by atoms with E-state index < -0.39 is 0 Å². The monoisotopic (exact) mass is 310 g/mol. The van der Waals surface area contributed by atoms with Crippen LogP contribution in [0.15, 0.2) is 48.5 Å². The highest BCUT2D eigenvalue weighted by atomic mass is 16.5. The molecule has 0 amide bonds. The molecule has 0 radical (unpaired) electrons. The number of hydrogen-bond donors (Lipinski definition) is 0. The van der Waals surface area contributed by atoms with Gasteiger partial charge in [0.2, 0.25) is 0 Å². The predicted molar refractivity (Wildman–Crippen MR) is 99.3 cm³/mol. The molecule has 2 aromatic rings. The van der Waals surface area contributed by atoms with Crippen molar-refractivity contribution in [3.05, 3.63) is 70.8 Å². The Kier molecular flexibility index (Phi) is 6.85. The Hall–Kier alpha value is -1.60. The third kappa shape index (κ3) is 5.84. The summed E-state index contributed by atoms with van der Waals surface area (Å²) in [5, 5.41) is 0. The van der Waals surface area contributed by atoms with Crippen molar-refractivity contribution in [1.29, 1.82) is 0 Å². The Bertz CT molecular complexity index is 510. The van der Waals surface area contributed by atoms with Crippen molar-refractivity contribution >= 4 is 0 Å². The molecule has 23 heavy (non-hydrogen) atoms. The van der Waals surface area contributed by atoms with Crippen LogP contribution >= 0.6 is 0 Å². The molecule has 2 rings (SSSR count). The number of ether oxygens (including phenoxy) is 1. The molecular formula is C22H30O. The molecule has 1 nitrogen and oxygen atoms in total. The Labute approximate surface area is 141 Å². The topological polar surface area (TPSA) is 9.23 Å². The van der Waals surface area contributed by atoms with Crippen LogP contribution < -0.4 is 0 Å². The first-order valence-electron chi connectivity index (χ1n) is 8.81. The van der Waals surface area contributed by atoms with Gasteiger partial charge in [0.05, 0.1) is 13.2 Å². The van der Waals surface area contributed by atoms with E-state index in [0.29, 0.717) is 11.8 Å². The molecule has 0 fully saturated rings. The summed E-state index contributed by atoms with van der Waals surface area (Å²) >= 11 is 0. The Morgan fingerprint density at radius 2 is 0.957 bits per heavy atom. The molecule has 0 spiro atoms. The second-order valence-electron chi connectivity index (χ2n) is 6.90. The smallest absolute Gasteiger partial charge is 0.0506 e. The molecule has 0 saturated heterocycles. The molecule has 0 aromatic heterocycles. The van der Waals surface area contributed by atoms with Gasteiger partial charge >= 0.3 is 0 Å². The van der Waals surface area contributed by atoms with Crippen molar-refractivity contribution in [2.75, 3.05) is 13.2 Å². The highest BCUT2D eigenvalue weighted by molar-refractivity contribution is 5.25. The van der Waals surface area contributed by atoms with Gasteiger partial charge in [-0.3, -0.25) is 0 Å². The summed E-state index contributed by atoms with van der Waals surface area (Å²) in [5.74, 6) is 1.20. The maximum Gasteiger partial charge on any atom is 0.0506 e. The van der Waals surface area contributed by atoms with Crippen LogP contribution in [0.25, 0.3) is 0 Å². The second kappa shape index (κ2) is 8.88. The molecule has 0 saturated carbocycles. The first kappa shape index (κ1) is 17.7. The summed E-state index contributed by atoms with van der Waals surface area (Å²) in [7, 11) is 0. The van der Waals surface area contributed by atoms with Gasteiger partial charge in [0.25, 0.3) is 0 Å². The third-order valence-corrected chi connectivity index (χ3v) is 4.36. The standard InChI is InChI=1S/C22H30O/c1-17(2)21-9-5-19(6-10-21)13-15-23-16-14-20-7-11-22(12-8-20)18(3)4/h5-12,17-18H,13-16H2,1-4H3. The molecule has 124 valence electrons. The molecular weight excluding hydrogens is 280 g/mol. The van der Waals surface area contributed by atoms with Gasteiger partial charge in [-0.25, -0.2) is 0 Å². The molecule has 0 N–H and O–H groups in total. The molecule has 2 aromatic carbocycles. The minimum absolute atomic E-state index is 0.599. The van der Waals surface area contributed by atoms with E-state index in [1.807, 2.05) is 0 Å². The van der Waals surface area contributed by atoms with Gasteiger partial charge in [-0.05, 0) is 46.9 Å². The fourth-order valence-corrected chi connectivity index (χ4v) is 2.62. The van der Waals surface area contributed by atoms with E-state index in [9.17, 15) is 0 Å². The summed E-state index contributed by atoms with van der Waals surface area (Å²) in [6.45, 7) is 10.5. The summed E-state index contributed by atoms with van der Waals surface area (Å²) in [6.07, 6.45) is 1.98. The predicted octanol–water partition coefficient (Wildman–Crippen LogP) is 5.74. The maximum absolute atomic E-state index is 5.80. The van der Waals surface area contributed by atoms with E-state index in [4.69, 9.17) is 4.74 Å². The number of hydrogen-bond acceptors (Lipinski definition) is 1. The molecule has 0 bridgehead atoms. The Morgan fingerprint density at radius 3 is 1.26 bits per heavy atom. The molecule has 1 heteroatoms. The largest absolute Gasteiger partial charge is 0.381 e. The van der Waals surface area contributed by atoms with Crippen LogP contribution in [0.5, 0.6) is 0 Å². The lowest BCUT2D eigenvalue weighted by Crippen LogP contribution is -2.03. The number of benzene rings is 2. The van der Waals surface area contributed by atoms with Gasteiger partial charge in [0.15, 0.2) is 0 Å². The Morgan fingerprint density at radius 1 is 0.609 bits per heavy atom. The summed E-state index contributed by atoms with van der Waals surface area (Å²) < 4.78 is 5.80. The van der Waals surface area contributed by atoms with Crippen molar-refractivity contribution in [3.8, 4) is 0 Å². The van der Waals surface area contributed by atoms with E-state index in [0.717, 1.165) is 26.1 Å². The fraction of sp³-hybridized carbons (Fsp3) is 0.455. The van der Waals surface area contributed by atoms with Crippen molar-refractivity contribution in [1.82, 2.24) is 0 Å². The van der Waals surface area contributed by atoms with E-state index >= 15 is 0 Å². The normalized spacial score (nSPS) is 11.4. The molecule has 0 heterocycles. The first-order valence-corrected chi connectivity index (χ1v) is 8.81. The zero-order chi connectivity index (χ0) is 16.7. The van der Waals surface area contributed by atoms with Crippen molar-refractivity contribution in [2.24, 2.45) is 0 Å². The third-order valence-electron chi connectivity index (χ3n) is 4.36. The summed E-state index contributed by atoms with van der Waals surface area (Å²) in [5.41, 5.74) is 5.52. The molecule has 0 aliphatic heterocycles. The van der Waals surface area contributed by atoms with Gasteiger partial charge in [-0.1, -0.05) is 76.2 Å². The van der Waals surface area contributed by atoms with Crippen LogP contribution in [0.2, 0.25) is 0 Å². The quantitative estimate of drug-likeness (QED) is 0.565. The van der Waals surface area contributed by atoms with Crippen LogP contribution in [-0.4, -0.2) is 13.2 Å². The van der Waals surface area contributed by atoms with Crippen LogP contribution in [0, 0.1) is 0 Å². The van der Waals surface area contributed by atoms with Gasteiger partial charge in [-0.15, -0.1) is 0 Å². The zero-order valence-corrected chi connectivity index (χ0v) is 15.0. The lowest BCUT2D eigenvalue weighted by Gasteiger charge is -2.09. The molecule has 0 atom stereocenters. The van der Waals surface area contributed by atoms with E-state index in [1.165, 1.54) is 22.3 Å². The van der Waals surface area contributed by atoms with E-state index in [1.54, 1.807) is 0 Å². The highest BCUT2D eigenvalue weighted by Crippen LogP contribution is 2.16. The van der Waals surface area contributed by atoms with Gasteiger partial charge in [-0.2, -0.15) is 0 Å². The minimum atomic E-state index is 0.599. The van der Waals surface area contributed by atoms with Crippen LogP contribution in [0.1, 0.15) is 61.8 Å². The van der Waals surface area contributed by atoms with Crippen LogP contribution in [0.3, 0.4) is 0 Å². The summed E-state index contributed by atoms with van der Waals surface area (Å²) in [6, 6.07) is 17.8. The first-order chi connectivity index (χ1) is 11.1. The van der Waals surface area contributed by atoms with Crippen molar-refractivity contribution in [3.63, 3.8) is 0 Å². The SMILES string of the molecule is CC(C)c1ccc(CCOCCc2ccc(C(C)C)cc2)cc1. The van der Waals surface area contributed by atoms with Crippen molar-refractivity contribution < 1.29 is 4.74 Å². The second-order valence-corrected chi connectivity index (χ2v) is 6.90. The van der Waals surface area contributed by atoms with Gasteiger partial charge in [0.1, 0.15) is 0 Å². The molecule has 0 aliphatic rings. The van der Waals surface area contributed by atoms with Gasteiger partial charge < -0.3 is 4.74 Å². The Balaban J connectivity index is 1.67. The summed E-state index contributed by atoms with van der Waals surface area (Å²) in [4.78, 5) is 0. The van der Waals surface area contributed by atoms with Crippen molar-refractivity contribution in [2.45, 2.75) is 52.4 Å². The van der Waals surface area contributed by atoms with Gasteiger partial charge in [0, 0.05) is 0 Å². The minimum Gasteiger partial charge on any atom is -0.381 e. The average molecular weight is 310 g/mol. The lowest BCUT2D eigenvalue weighted by molar-refractivity contribution is 0.140. The average Bonchev–Trinajstić information content (AvgIpc) is 2.55. The maximum atomic E-state index is 5.80. The van der Waals surface area contributed by atoms with E-state index in [-0.39, 0.29) is 0 Å². The molecule has 0 unspecified atom stereocenters. The van der Waals surface area contributed by atoms with E-state index in [2.05, 4.69) is 76.2 Å². The number of rotatable bonds is 8. The molecule has 0 aliphatic carbocycles. The highest BCUT2D eigenvalue weighted by Gasteiger charge is 2.01. The lowest BCUT2D eigenvalue weighted by atomic mass is 10.0. The fourth-order valence-electron chi connectivity index (χ4n) is 2.62. The van der Waals surface area contributed by atoms with Crippen LogP contribution in [0.4, 0.5) is 0 Å². The zero-order valence-electron chi connectivity index (χ0n) is 15.0. The van der Waals surface area contributed by atoms with Crippen LogP contribution in [-0.2, 0) is 17.6 Å².